The van der Waals surface area contributed by atoms with Crippen molar-refractivity contribution in [3.05, 3.63) is 0 Å². The number of aliphatic hydroxyl groups is 2. The highest BCUT2D eigenvalue weighted by atomic mass is 31.2. The van der Waals surface area contributed by atoms with E-state index in [9.17, 15) is 9.46 Å². The lowest BCUT2D eigenvalue weighted by Gasteiger charge is -2.09. The molecule has 80 valence electrons. The fraction of sp³-hybridized carbons (Fsp3) is 1.00. The van der Waals surface area contributed by atoms with Crippen molar-refractivity contribution < 1.29 is 19.7 Å². The molecule has 0 atom stereocenters. The van der Waals surface area contributed by atoms with Gasteiger partial charge in [0.25, 0.3) is 0 Å². The van der Waals surface area contributed by atoms with E-state index in [1.54, 1.807) is 0 Å². The van der Waals surface area contributed by atoms with Crippen LogP contribution < -0.4 is 0 Å². The van der Waals surface area contributed by atoms with Gasteiger partial charge < -0.3 is 15.1 Å². The second kappa shape index (κ2) is 7.51. The topological polar surface area (TPSA) is 77.8 Å². The lowest BCUT2D eigenvalue weighted by molar-refractivity contribution is 0.285. The van der Waals surface area contributed by atoms with E-state index in [4.69, 9.17) is 10.2 Å². The first-order valence-corrected chi connectivity index (χ1v) is 6.68. The largest absolute Gasteiger partial charge is 0.396 e. The van der Waals surface area contributed by atoms with Crippen molar-refractivity contribution in [1.29, 1.82) is 0 Å². The van der Waals surface area contributed by atoms with Crippen molar-refractivity contribution >= 4 is 7.37 Å². The maximum Gasteiger partial charge on any atom is 0.200 e. The molecule has 0 aliphatic carbocycles. The van der Waals surface area contributed by atoms with E-state index in [0.29, 0.717) is 38.0 Å². The lowest BCUT2D eigenvalue weighted by Crippen LogP contribution is -1.97. The van der Waals surface area contributed by atoms with Crippen LogP contribution in [-0.4, -0.2) is 40.6 Å². The van der Waals surface area contributed by atoms with Crippen molar-refractivity contribution in [1.82, 2.24) is 0 Å². The summed E-state index contributed by atoms with van der Waals surface area (Å²) in [6.07, 6.45) is 2.96. The molecular weight excluding hydrogens is 191 g/mol. The molecule has 0 amide bonds. The summed E-state index contributed by atoms with van der Waals surface area (Å²) in [6.45, 7) is 0.160. The van der Waals surface area contributed by atoms with Gasteiger partial charge in [-0.15, -0.1) is 0 Å². The summed E-state index contributed by atoms with van der Waals surface area (Å²) >= 11 is 0. The average molecular weight is 210 g/mol. The molecule has 5 heteroatoms. The van der Waals surface area contributed by atoms with Gasteiger partial charge in [-0.05, 0) is 25.7 Å². The van der Waals surface area contributed by atoms with E-state index < -0.39 is 7.37 Å². The predicted molar refractivity (Wildman–Crippen MR) is 52.2 cm³/mol. The van der Waals surface area contributed by atoms with Crippen molar-refractivity contribution in [2.24, 2.45) is 0 Å². The molecule has 0 unspecified atom stereocenters. The Balaban J connectivity index is 3.49. The Morgan fingerprint density at radius 1 is 0.846 bits per heavy atom. The standard InChI is InChI=1S/C8H19O4P/c9-5-1-3-7-13(11,12)8-4-2-6-10/h9-10H,1-8H2,(H,11,12). The van der Waals surface area contributed by atoms with Crippen LogP contribution >= 0.6 is 7.37 Å². The minimum absolute atomic E-state index is 0.0800. The average Bonchev–Trinajstić information content (AvgIpc) is 2.05. The van der Waals surface area contributed by atoms with Gasteiger partial charge in [-0.1, -0.05) is 0 Å². The van der Waals surface area contributed by atoms with Crippen molar-refractivity contribution in [2.45, 2.75) is 25.7 Å². The molecule has 0 aromatic rings. The minimum atomic E-state index is -2.97. The third-order valence-electron chi connectivity index (χ3n) is 1.83. The summed E-state index contributed by atoms with van der Waals surface area (Å²) in [5, 5.41) is 16.9. The molecule has 0 radical (unpaired) electrons. The molecule has 0 heterocycles. The molecule has 0 aliphatic heterocycles. The van der Waals surface area contributed by atoms with E-state index in [2.05, 4.69) is 0 Å². The molecule has 0 aromatic heterocycles. The monoisotopic (exact) mass is 210 g/mol. The number of hydrogen-bond donors (Lipinski definition) is 3. The Morgan fingerprint density at radius 2 is 1.23 bits per heavy atom. The first-order chi connectivity index (χ1) is 6.12. The van der Waals surface area contributed by atoms with Gasteiger partial charge in [0.15, 0.2) is 0 Å². The number of aliphatic hydroxyl groups excluding tert-OH is 2. The Bertz CT molecular complexity index is 146. The van der Waals surface area contributed by atoms with Crippen LogP contribution in [0.1, 0.15) is 25.7 Å². The number of hydrogen-bond acceptors (Lipinski definition) is 3. The quantitative estimate of drug-likeness (QED) is 0.409. The van der Waals surface area contributed by atoms with Crippen molar-refractivity contribution in [3.63, 3.8) is 0 Å². The summed E-state index contributed by atoms with van der Waals surface area (Å²) in [5.41, 5.74) is 0. The molecule has 0 aromatic carbocycles. The Labute approximate surface area is 79.1 Å². The molecule has 0 spiro atoms. The summed E-state index contributed by atoms with van der Waals surface area (Å²) in [7, 11) is -2.97. The second-order valence-electron chi connectivity index (χ2n) is 3.15. The highest BCUT2D eigenvalue weighted by molar-refractivity contribution is 7.57. The van der Waals surface area contributed by atoms with Gasteiger partial charge in [0, 0.05) is 25.5 Å². The summed E-state index contributed by atoms with van der Waals surface area (Å²) < 4.78 is 11.4. The molecule has 0 saturated carbocycles. The fourth-order valence-corrected chi connectivity index (χ4v) is 2.71. The van der Waals surface area contributed by atoms with Gasteiger partial charge in [-0.2, -0.15) is 0 Å². The normalized spacial score (nSPS) is 11.9. The first-order valence-electron chi connectivity index (χ1n) is 4.65. The molecule has 0 fully saturated rings. The lowest BCUT2D eigenvalue weighted by atomic mass is 10.4. The van der Waals surface area contributed by atoms with E-state index in [0.717, 1.165) is 0 Å². The van der Waals surface area contributed by atoms with Crippen LogP contribution in [0.3, 0.4) is 0 Å². The van der Waals surface area contributed by atoms with Gasteiger partial charge in [0.2, 0.25) is 7.37 Å². The summed E-state index contributed by atoms with van der Waals surface area (Å²) in [6, 6.07) is 0. The second-order valence-corrected chi connectivity index (χ2v) is 5.74. The van der Waals surface area contributed by atoms with Crippen LogP contribution in [0.2, 0.25) is 0 Å². The van der Waals surface area contributed by atoms with Crippen molar-refractivity contribution in [3.8, 4) is 0 Å². The van der Waals surface area contributed by atoms with Crippen LogP contribution in [-0.2, 0) is 4.57 Å². The highest BCUT2D eigenvalue weighted by Crippen LogP contribution is 2.42. The van der Waals surface area contributed by atoms with Crippen LogP contribution in [0, 0.1) is 0 Å². The molecule has 0 rings (SSSR count). The van der Waals surface area contributed by atoms with Crippen LogP contribution in [0.4, 0.5) is 0 Å². The predicted octanol–water partition coefficient (Wildman–Crippen LogP) is 0.802. The Morgan fingerprint density at radius 3 is 1.54 bits per heavy atom. The molecule has 0 saturated heterocycles. The molecule has 0 bridgehead atoms. The smallest absolute Gasteiger partial charge is 0.200 e. The minimum Gasteiger partial charge on any atom is -0.396 e. The zero-order chi connectivity index (χ0) is 10.2. The molecule has 4 nitrogen and oxygen atoms in total. The number of unbranched alkanes of at least 4 members (excludes halogenated alkanes) is 2. The molecular formula is C8H19O4P. The maximum atomic E-state index is 11.4. The van der Waals surface area contributed by atoms with E-state index >= 15 is 0 Å². The van der Waals surface area contributed by atoms with Crippen LogP contribution in [0.25, 0.3) is 0 Å². The highest BCUT2D eigenvalue weighted by Gasteiger charge is 2.16. The van der Waals surface area contributed by atoms with E-state index in [1.165, 1.54) is 0 Å². The van der Waals surface area contributed by atoms with Gasteiger partial charge in [0.05, 0.1) is 0 Å². The zero-order valence-corrected chi connectivity index (χ0v) is 8.75. The van der Waals surface area contributed by atoms with Crippen LogP contribution in [0.5, 0.6) is 0 Å². The van der Waals surface area contributed by atoms with Crippen LogP contribution in [0.15, 0.2) is 0 Å². The SMILES string of the molecule is O=P(O)(CCCCO)CCCCO. The molecule has 3 N–H and O–H groups in total. The van der Waals surface area contributed by atoms with Gasteiger partial charge >= 0.3 is 0 Å². The van der Waals surface area contributed by atoms with Gasteiger partial charge in [-0.25, -0.2) is 0 Å². The van der Waals surface area contributed by atoms with Gasteiger partial charge in [0.1, 0.15) is 0 Å². The summed E-state index contributed by atoms with van der Waals surface area (Å²) in [4.78, 5) is 9.36. The van der Waals surface area contributed by atoms with E-state index in [-0.39, 0.29) is 13.2 Å². The first kappa shape index (κ1) is 13.1. The van der Waals surface area contributed by atoms with E-state index in [1.807, 2.05) is 0 Å². The fourth-order valence-electron chi connectivity index (χ4n) is 1.05. The zero-order valence-electron chi connectivity index (χ0n) is 7.85. The Kier molecular flexibility index (Phi) is 7.57. The molecule has 13 heavy (non-hydrogen) atoms. The van der Waals surface area contributed by atoms with Gasteiger partial charge in [-0.3, -0.25) is 4.57 Å². The summed E-state index contributed by atoms with van der Waals surface area (Å²) in [5.74, 6) is 0. The molecule has 0 aliphatic rings. The third kappa shape index (κ3) is 8.44. The Hall–Kier alpha value is 0.110. The van der Waals surface area contributed by atoms with Crippen molar-refractivity contribution in [2.75, 3.05) is 25.5 Å². The maximum absolute atomic E-state index is 11.4. The number of rotatable bonds is 8. The third-order valence-corrected chi connectivity index (χ3v) is 3.86.